The Morgan fingerprint density at radius 2 is 2.29 bits per heavy atom. The summed E-state index contributed by atoms with van der Waals surface area (Å²) < 4.78 is 0.660. The molecule has 1 aliphatic rings. The highest BCUT2D eigenvalue weighted by Crippen LogP contribution is 1.94. The summed E-state index contributed by atoms with van der Waals surface area (Å²) >= 11 is 2.09. The molecule has 1 saturated heterocycles. The molecule has 120 valence electrons. The number of hydrogen-bond acceptors (Lipinski definition) is 4. The number of hydrazine groups is 2. The van der Waals surface area contributed by atoms with Crippen LogP contribution in [0.5, 0.6) is 0 Å². The Morgan fingerprint density at radius 3 is 2.71 bits per heavy atom. The topological polar surface area (TPSA) is 111 Å². The molecular formula is C12H22IN5O3. The van der Waals surface area contributed by atoms with Gasteiger partial charge in [0.2, 0.25) is 0 Å². The van der Waals surface area contributed by atoms with Crippen LogP contribution in [0.4, 0.5) is 9.59 Å². The van der Waals surface area contributed by atoms with Crippen LogP contribution in [0, 0.1) is 12.0 Å². The summed E-state index contributed by atoms with van der Waals surface area (Å²) in [5, 5.41) is 10.2. The summed E-state index contributed by atoms with van der Waals surface area (Å²) in [6.45, 7) is 4.25. The molecule has 5 N–H and O–H groups in total. The normalized spacial score (nSPS) is 13.4. The lowest BCUT2D eigenvalue weighted by molar-refractivity contribution is 0.165. The molecule has 0 aliphatic carbocycles. The van der Waals surface area contributed by atoms with E-state index in [2.05, 4.69) is 45.4 Å². The van der Waals surface area contributed by atoms with Crippen molar-refractivity contribution in [2.24, 2.45) is 5.73 Å². The second kappa shape index (κ2) is 12.5. The van der Waals surface area contributed by atoms with Crippen LogP contribution in [0.3, 0.4) is 0 Å². The molecule has 0 spiro atoms. The van der Waals surface area contributed by atoms with Crippen molar-refractivity contribution in [3.05, 3.63) is 0 Å². The maximum Gasteiger partial charge on any atom is 0.419 e. The van der Waals surface area contributed by atoms with Crippen molar-refractivity contribution in [3.63, 3.8) is 0 Å². The Morgan fingerprint density at radius 1 is 1.57 bits per heavy atom. The molecule has 9 heteroatoms. The average molecular weight is 411 g/mol. The van der Waals surface area contributed by atoms with Crippen molar-refractivity contribution < 1.29 is 14.7 Å². The number of nitrogens with two attached hydrogens (primary N) is 1. The maximum atomic E-state index is 10.5. The monoisotopic (exact) mass is 411 g/mol. The second-order valence-electron chi connectivity index (χ2n) is 4.10. The lowest BCUT2D eigenvalue weighted by Gasteiger charge is -2.13. The second-order valence-corrected chi connectivity index (χ2v) is 4.86. The van der Waals surface area contributed by atoms with Crippen LogP contribution in [-0.2, 0) is 0 Å². The molecule has 0 aromatic carbocycles. The number of amides is 3. The van der Waals surface area contributed by atoms with Gasteiger partial charge in [-0.05, 0) is 12.8 Å². The first-order chi connectivity index (χ1) is 10.0. The van der Waals surface area contributed by atoms with E-state index >= 15 is 0 Å². The van der Waals surface area contributed by atoms with Crippen LogP contribution in [-0.4, -0.2) is 51.3 Å². The molecule has 8 nitrogen and oxygen atoms in total. The Labute approximate surface area is 138 Å². The number of unbranched alkanes of at least 4 members (excludes halogenated alkanes) is 1. The summed E-state index contributed by atoms with van der Waals surface area (Å²) in [4.78, 5) is 21.9. The fourth-order valence-corrected chi connectivity index (χ4v) is 1.57. The van der Waals surface area contributed by atoms with Gasteiger partial charge < -0.3 is 10.8 Å². The van der Waals surface area contributed by atoms with E-state index in [-0.39, 0.29) is 0 Å². The summed E-state index contributed by atoms with van der Waals surface area (Å²) in [5.41, 5.74) is 10.2. The zero-order chi connectivity index (χ0) is 16.1. The Balaban J connectivity index is 0.000000394. The molecule has 1 heterocycles. The zero-order valence-electron chi connectivity index (χ0n) is 12.1. The number of carboxylic acid groups (broad SMARTS) is 1. The number of carbonyl (C=O) groups excluding carboxylic acids is 1. The van der Waals surface area contributed by atoms with Crippen LogP contribution < -0.4 is 16.6 Å². The minimum Gasteiger partial charge on any atom is -0.464 e. The number of alkyl halides is 1. The molecule has 0 bridgehead atoms. The molecular weight excluding hydrogens is 389 g/mol. The van der Waals surface area contributed by atoms with Gasteiger partial charge >= 0.3 is 12.1 Å². The van der Waals surface area contributed by atoms with Gasteiger partial charge in [0.25, 0.3) is 0 Å². The van der Waals surface area contributed by atoms with Crippen molar-refractivity contribution in [1.29, 1.82) is 0 Å². The number of nitrogens with one attached hydrogen (secondary N) is 2. The summed E-state index contributed by atoms with van der Waals surface area (Å²) in [5.74, 6) is 2.72. The number of nitrogens with zero attached hydrogens (tertiary/aromatic N) is 2. The Hall–Kier alpha value is -1.25. The van der Waals surface area contributed by atoms with Crippen molar-refractivity contribution in [2.75, 3.05) is 24.1 Å². The number of rotatable bonds is 4. The number of carbonyl (C=O) groups is 2. The molecule has 0 saturated carbocycles. The first-order valence-electron chi connectivity index (χ1n) is 6.63. The highest BCUT2D eigenvalue weighted by molar-refractivity contribution is 14.1. The highest BCUT2D eigenvalue weighted by atomic mass is 127. The molecule has 3 amide bonds. The Bertz CT molecular complexity index is 377. The summed E-state index contributed by atoms with van der Waals surface area (Å²) in [6, 6.07) is 2.06. The van der Waals surface area contributed by atoms with E-state index in [4.69, 9.17) is 10.8 Å². The molecule has 1 aliphatic heterocycles. The van der Waals surface area contributed by atoms with Gasteiger partial charge in [0.05, 0.1) is 4.43 Å². The number of primary amides is 1. The van der Waals surface area contributed by atoms with E-state index in [0.29, 0.717) is 11.0 Å². The molecule has 1 fully saturated rings. The molecule has 0 atom stereocenters. The number of hydrogen-bond donors (Lipinski definition) is 4. The van der Waals surface area contributed by atoms with Crippen LogP contribution in [0.1, 0.15) is 26.2 Å². The van der Waals surface area contributed by atoms with Crippen molar-refractivity contribution in [1.82, 2.24) is 20.9 Å². The third-order valence-corrected chi connectivity index (χ3v) is 2.73. The van der Waals surface area contributed by atoms with Crippen LogP contribution >= 0.6 is 22.6 Å². The number of halogens is 1. The third kappa shape index (κ3) is 11.1. The predicted molar refractivity (Wildman–Crippen MR) is 88.3 cm³/mol. The molecule has 0 radical (unpaired) electrons. The van der Waals surface area contributed by atoms with Crippen LogP contribution in [0.25, 0.3) is 0 Å². The number of urea groups is 1. The van der Waals surface area contributed by atoms with E-state index < -0.39 is 12.1 Å². The van der Waals surface area contributed by atoms with Crippen LogP contribution in [0.2, 0.25) is 0 Å². The van der Waals surface area contributed by atoms with E-state index in [9.17, 15) is 9.59 Å². The largest absolute Gasteiger partial charge is 0.464 e. The van der Waals surface area contributed by atoms with Crippen LogP contribution in [0.15, 0.2) is 0 Å². The predicted octanol–water partition coefficient (Wildman–Crippen LogP) is 0.942. The van der Waals surface area contributed by atoms with Gasteiger partial charge in [0.15, 0.2) is 0 Å². The van der Waals surface area contributed by atoms with Gasteiger partial charge in [-0.2, -0.15) is 5.12 Å². The minimum atomic E-state index is -0.958. The van der Waals surface area contributed by atoms with Gasteiger partial charge in [0, 0.05) is 25.7 Å². The molecule has 21 heavy (non-hydrogen) atoms. The molecule has 0 aromatic rings. The quantitative estimate of drug-likeness (QED) is 0.238. The first-order valence-corrected chi connectivity index (χ1v) is 8.15. The summed E-state index contributed by atoms with van der Waals surface area (Å²) in [7, 11) is 0. The average Bonchev–Trinajstić information content (AvgIpc) is 2.91. The standard InChI is InChI=1S/C8H12INO2.C4H10N4O/c1-2-3-6-10(8(11)12)7-4-5-9;5-4(9)7-8-3-1-2-6-8/h2-3,5-6H2,1H3,(H,11,12);6H,1-3H2,(H3,5,7,9). The fourth-order valence-electron chi connectivity index (χ4n) is 1.40. The molecule has 1 rings (SSSR count). The van der Waals surface area contributed by atoms with E-state index in [0.717, 1.165) is 37.3 Å². The fraction of sp³-hybridized carbons (Fsp3) is 0.667. The van der Waals surface area contributed by atoms with Gasteiger partial charge in [0.1, 0.15) is 0 Å². The smallest absolute Gasteiger partial charge is 0.419 e. The van der Waals surface area contributed by atoms with Crippen molar-refractivity contribution >= 4 is 34.7 Å². The lowest BCUT2D eigenvalue weighted by Crippen LogP contribution is -2.48. The maximum absolute atomic E-state index is 10.5. The minimum absolute atomic E-state index is 0.509. The van der Waals surface area contributed by atoms with Gasteiger partial charge in [-0.15, -0.1) is 0 Å². The van der Waals surface area contributed by atoms with Crippen molar-refractivity contribution in [2.45, 2.75) is 26.2 Å². The van der Waals surface area contributed by atoms with Gasteiger partial charge in [-0.1, -0.05) is 41.9 Å². The van der Waals surface area contributed by atoms with E-state index in [1.165, 1.54) is 0 Å². The highest BCUT2D eigenvalue weighted by Gasteiger charge is 2.10. The molecule has 0 unspecified atom stereocenters. The zero-order valence-corrected chi connectivity index (χ0v) is 14.2. The van der Waals surface area contributed by atoms with Gasteiger partial charge in [-0.25, -0.2) is 19.9 Å². The summed E-state index contributed by atoms with van der Waals surface area (Å²) in [6.07, 6.45) is 1.93. The van der Waals surface area contributed by atoms with E-state index in [1.54, 1.807) is 5.12 Å². The SMILES string of the molecule is CCCCN(C#CCI)C(=O)O.NC(=O)NN1CCCN1. The third-order valence-electron chi connectivity index (χ3n) is 2.35. The molecule has 0 aromatic heterocycles. The Kier molecular flexibility index (Phi) is 11.7. The van der Waals surface area contributed by atoms with Crippen molar-refractivity contribution in [3.8, 4) is 12.0 Å². The lowest BCUT2D eigenvalue weighted by atomic mass is 10.3. The van der Waals surface area contributed by atoms with E-state index in [1.807, 2.05) is 6.92 Å². The van der Waals surface area contributed by atoms with Gasteiger partial charge in [-0.3, -0.25) is 5.43 Å². The first kappa shape index (κ1) is 19.8.